The number of anilines is 1. The highest BCUT2D eigenvalue weighted by Gasteiger charge is 2.25. The second-order valence-electron chi connectivity index (χ2n) is 7.26. The first-order chi connectivity index (χ1) is 12.6. The highest BCUT2D eigenvalue weighted by molar-refractivity contribution is 5.79. The quantitative estimate of drug-likeness (QED) is 0.712. The molecule has 3 aromatic heterocycles. The molecule has 6 nitrogen and oxygen atoms in total. The minimum atomic E-state index is 0.640. The Kier molecular flexibility index (Phi) is 4.41. The smallest absolute Gasteiger partial charge is 0.225 e. The molecule has 0 spiro atoms. The fraction of sp³-hybridized carbons (Fsp3) is 0.400. The van der Waals surface area contributed by atoms with Crippen molar-refractivity contribution in [1.82, 2.24) is 19.9 Å². The van der Waals surface area contributed by atoms with Crippen LogP contribution in [0.2, 0.25) is 0 Å². The number of hydrogen-bond acceptors (Lipinski definition) is 6. The molecule has 0 bridgehead atoms. The van der Waals surface area contributed by atoms with E-state index < -0.39 is 0 Å². The van der Waals surface area contributed by atoms with Crippen molar-refractivity contribution in [3.05, 3.63) is 42.9 Å². The van der Waals surface area contributed by atoms with Crippen LogP contribution in [0.3, 0.4) is 0 Å². The third-order valence-electron chi connectivity index (χ3n) is 4.88. The van der Waals surface area contributed by atoms with E-state index in [2.05, 4.69) is 33.7 Å². The number of aromatic nitrogens is 4. The van der Waals surface area contributed by atoms with E-state index in [0.717, 1.165) is 47.3 Å². The van der Waals surface area contributed by atoms with Crippen molar-refractivity contribution < 1.29 is 4.42 Å². The molecule has 0 N–H and O–H groups in total. The first-order valence-electron chi connectivity index (χ1n) is 9.04. The Bertz CT molecular complexity index is 882. The molecule has 1 aliphatic rings. The summed E-state index contributed by atoms with van der Waals surface area (Å²) in [4.78, 5) is 20.5. The third-order valence-corrected chi connectivity index (χ3v) is 4.88. The molecule has 6 heteroatoms. The SMILES string of the molecule is Cc1occc1-c1nc(N2CC(C)CC(C)C2)ncc1-c1cnccn1. The van der Waals surface area contributed by atoms with E-state index in [1.807, 2.05) is 19.2 Å². The summed E-state index contributed by atoms with van der Waals surface area (Å²) in [5.74, 6) is 2.88. The minimum absolute atomic E-state index is 0.640. The molecule has 1 fully saturated rings. The molecule has 3 aromatic rings. The zero-order valence-corrected chi connectivity index (χ0v) is 15.4. The van der Waals surface area contributed by atoms with Crippen molar-refractivity contribution in [1.29, 1.82) is 0 Å². The number of piperidine rings is 1. The van der Waals surface area contributed by atoms with Gasteiger partial charge >= 0.3 is 0 Å². The molecule has 4 heterocycles. The Labute approximate surface area is 153 Å². The van der Waals surface area contributed by atoms with Crippen LogP contribution >= 0.6 is 0 Å². The molecule has 0 aromatic carbocycles. The van der Waals surface area contributed by atoms with Crippen molar-refractivity contribution in [2.45, 2.75) is 27.2 Å². The van der Waals surface area contributed by atoms with Crippen LogP contribution in [0, 0.1) is 18.8 Å². The van der Waals surface area contributed by atoms with Crippen LogP contribution in [0.1, 0.15) is 26.0 Å². The predicted octanol–water partition coefficient (Wildman–Crippen LogP) is 3.98. The van der Waals surface area contributed by atoms with Gasteiger partial charge in [0.2, 0.25) is 5.95 Å². The Morgan fingerprint density at radius 2 is 1.85 bits per heavy atom. The third kappa shape index (κ3) is 3.19. The normalized spacial score (nSPS) is 20.3. The van der Waals surface area contributed by atoms with Crippen molar-refractivity contribution in [2.75, 3.05) is 18.0 Å². The van der Waals surface area contributed by atoms with Crippen molar-refractivity contribution >= 4 is 5.95 Å². The molecule has 134 valence electrons. The van der Waals surface area contributed by atoms with Gasteiger partial charge in [-0.1, -0.05) is 13.8 Å². The number of hydrogen-bond donors (Lipinski definition) is 0. The van der Waals surface area contributed by atoms with Crippen LogP contribution in [-0.2, 0) is 0 Å². The van der Waals surface area contributed by atoms with Gasteiger partial charge in [-0.2, -0.15) is 0 Å². The van der Waals surface area contributed by atoms with Crippen molar-refractivity contribution in [3.63, 3.8) is 0 Å². The molecule has 2 unspecified atom stereocenters. The number of nitrogens with zero attached hydrogens (tertiary/aromatic N) is 5. The summed E-state index contributed by atoms with van der Waals surface area (Å²) in [6.45, 7) is 8.50. The lowest BCUT2D eigenvalue weighted by molar-refractivity contribution is 0.353. The average Bonchev–Trinajstić information content (AvgIpc) is 3.07. The molecule has 0 aliphatic carbocycles. The maximum Gasteiger partial charge on any atom is 0.225 e. The second kappa shape index (κ2) is 6.86. The summed E-state index contributed by atoms with van der Waals surface area (Å²) in [5, 5.41) is 0. The van der Waals surface area contributed by atoms with Crippen molar-refractivity contribution in [2.24, 2.45) is 11.8 Å². The molecule has 4 rings (SSSR count). The molecular formula is C20H23N5O. The standard InChI is InChI=1S/C20H23N5O/c1-13-8-14(2)12-25(11-13)20-23-9-17(18-10-21-5-6-22-18)19(24-20)16-4-7-26-15(16)3/h4-7,9-10,13-14H,8,11-12H2,1-3H3. The van der Waals surface area contributed by atoms with Crippen LogP contribution in [0.5, 0.6) is 0 Å². The van der Waals surface area contributed by atoms with Crippen molar-refractivity contribution in [3.8, 4) is 22.5 Å². The molecule has 26 heavy (non-hydrogen) atoms. The fourth-order valence-corrected chi connectivity index (χ4v) is 3.81. The van der Waals surface area contributed by atoms with Crippen LogP contribution < -0.4 is 4.90 Å². The summed E-state index contributed by atoms with van der Waals surface area (Å²) in [5.41, 5.74) is 3.43. The summed E-state index contributed by atoms with van der Waals surface area (Å²) in [6.07, 6.45) is 9.89. The van der Waals surface area contributed by atoms with Crippen LogP contribution in [0.25, 0.3) is 22.5 Å². The highest BCUT2D eigenvalue weighted by atomic mass is 16.3. The summed E-state index contributed by atoms with van der Waals surface area (Å²) in [7, 11) is 0. The average molecular weight is 349 g/mol. The van der Waals surface area contributed by atoms with Gasteiger partial charge < -0.3 is 9.32 Å². The van der Waals surface area contributed by atoms with Gasteiger partial charge in [0.1, 0.15) is 5.76 Å². The molecule has 1 aliphatic heterocycles. The Hall–Kier alpha value is -2.76. The van der Waals surface area contributed by atoms with E-state index in [4.69, 9.17) is 9.40 Å². The lowest BCUT2D eigenvalue weighted by Gasteiger charge is -2.35. The highest BCUT2D eigenvalue weighted by Crippen LogP contribution is 2.33. The van der Waals surface area contributed by atoms with Gasteiger partial charge in [-0.05, 0) is 31.2 Å². The first-order valence-corrected chi connectivity index (χ1v) is 9.04. The lowest BCUT2D eigenvalue weighted by Crippen LogP contribution is -2.39. The maximum atomic E-state index is 5.52. The van der Waals surface area contributed by atoms with E-state index in [9.17, 15) is 0 Å². The number of aryl methyl sites for hydroxylation is 1. The molecule has 0 amide bonds. The van der Waals surface area contributed by atoms with Crippen LogP contribution in [0.4, 0.5) is 5.95 Å². The van der Waals surface area contributed by atoms with Gasteiger partial charge in [0.25, 0.3) is 0 Å². The van der Waals surface area contributed by atoms with Gasteiger partial charge in [-0.15, -0.1) is 0 Å². The van der Waals surface area contributed by atoms with E-state index in [1.165, 1.54) is 6.42 Å². The van der Waals surface area contributed by atoms with Gasteiger partial charge in [0.15, 0.2) is 0 Å². The largest absolute Gasteiger partial charge is 0.469 e. The Morgan fingerprint density at radius 1 is 1.04 bits per heavy atom. The van der Waals surface area contributed by atoms with E-state index in [0.29, 0.717) is 11.8 Å². The predicted molar refractivity (Wildman–Crippen MR) is 101 cm³/mol. The maximum absolute atomic E-state index is 5.52. The Balaban J connectivity index is 1.81. The van der Waals surface area contributed by atoms with Gasteiger partial charge in [-0.3, -0.25) is 9.97 Å². The van der Waals surface area contributed by atoms with Gasteiger partial charge in [-0.25, -0.2) is 9.97 Å². The first kappa shape index (κ1) is 16.7. The fourth-order valence-electron chi connectivity index (χ4n) is 3.81. The van der Waals surface area contributed by atoms with Gasteiger partial charge in [0, 0.05) is 42.8 Å². The molecule has 2 atom stereocenters. The molecule has 0 radical (unpaired) electrons. The summed E-state index contributed by atoms with van der Waals surface area (Å²) in [6, 6.07) is 1.95. The number of rotatable bonds is 3. The van der Waals surface area contributed by atoms with Crippen LogP contribution in [0.15, 0.2) is 41.5 Å². The zero-order valence-electron chi connectivity index (χ0n) is 15.4. The van der Waals surface area contributed by atoms with E-state index in [1.54, 1.807) is 24.9 Å². The molecular weight excluding hydrogens is 326 g/mol. The lowest BCUT2D eigenvalue weighted by atomic mass is 9.92. The zero-order chi connectivity index (χ0) is 18.1. The number of furan rings is 1. The second-order valence-corrected chi connectivity index (χ2v) is 7.26. The summed E-state index contributed by atoms with van der Waals surface area (Å²) < 4.78 is 5.52. The molecule has 0 saturated carbocycles. The molecule has 1 saturated heterocycles. The van der Waals surface area contributed by atoms with Gasteiger partial charge in [0.05, 0.1) is 23.8 Å². The minimum Gasteiger partial charge on any atom is -0.469 e. The monoisotopic (exact) mass is 349 g/mol. The van der Waals surface area contributed by atoms with E-state index >= 15 is 0 Å². The van der Waals surface area contributed by atoms with E-state index in [-0.39, 0.29) is 0 Å². The Morgan fingerprint density at radius 3 is 2.50 bits per heavy atom. The topological polar surface area (TPSA) is 67.9 Å². The van der Waals surface area contributed by atoms with Crippen LogP contribution in [-0.4, -0.2) is 33.0 Å². The summed E-state index contributed by atoms with van der Waals surface area (Å²) >= 11 is 0.